The van der Waals surface area contributed by atoms with Gasteiger partial charge in [-0.3, -0.25) is 14.5 Å². The number of carbonyl (C=O) groups is 2. The first kappa shape index (κ1) is 14.5. The molecular formula is C13H11NO4S2. The number of methoxy groups -OCH3 is 1. The minimum Gasteiger partial charge on any atom is -0.508 e. The van der Waals surface area contributed by atoms with E-state index >= 15 is 0 Å². The zero-order valence-electron chi connectivity index (χ0n) is 10.5. The molecule has 0 spiro atoms. The van der Waals surface area contributed by atoms with E-state index in [4.69, 9.17) is 12.2 Å². The number of benzene rings is 1. The van der Waals surface area contributed by atoms with Crippen LogP contribution in [0, 0.1) is 0 Å². The summed E-state index contributed by atoms with van der Waals surface area (Å²) in [6.07, 6.45) is 1.66. The molecule has 1 aromatic rings. The number of aromatic hydroxyl groups is 1. The van der Waals surface area contributed by atoms with Gasteiger partial charge in [0.2, 0.25) is 0 Å². The number of thiocarbonyl (C=S) groups is 1. The fraction of sp³-hybridized carbons (Fsp3) is 0.154. The van der Waals surface area contributed by atoms with Crippen molar-refractivity contribution in [3.05, 3.63) is 34.7 Å². The normalized spacial score (nSPS) is 16.9. The van der Waals surface area contributed by atoms with Crippen LogP contribution in [0.5, 0.6) is 5.75 Å². The molecule has 0 radical (unpaired) electrons. The Morgan fingerprint density at radius 3 is 2.70 bits per heavy atom. The molecule has 0 atom stereocenters. The van der Waals surface area contributed by atoms with Crippen molar-refractivity contribution in [2.45, 2.75) is 0 Å². The lowest BCUT2D eigenvalue weighted by atomic mass is 10.2. The Balaban J connectivity index is 2.19. The molecule has 1 amide bonds. The minimum atomic E-state index is -0.521. The van der Waals surface area contributed by atoms with E-state index in [9.17, 15) is 14.7 Å². The van der Waals surface area contributed by atoms with Gasteiger partial charge in [0.1, 0.15) is 16.6 Å². The van der Waals surface area contributed by atoms with Crippen molar-refractivity contribution in [3.8, 4) is 5.75 Å². The Morgan fingerprint density at radius 1 is 1.45 bits per heavy atom. The third-order valence-corrected chi connectivity index (χ3v) is 3.96. The zero-order chi connectivity index (χ0) is 14.7. The van der Waals surface area contributed by atoms with Crippen molar-refractivity contribution in [2.75, 3.05) is 13.7 Å². The van der Waals surface area contributed by atoms with Gasteiger partial charge in [-0.05, 0) is 23.8 Å². The summed E-state index contributed by atoms with van der Waals surface area (Å²) in [6.45, 7) is -0.186. The standard InChI is InChI=1S/C13H11NO4S2/c1-18-11(16)7-14-12(17)10(20-13(14)19)6-8-2-4-9(15)5-3-8/h2-6,15H,7H2,1H3/b10-6+. The van der Waals surface area contributed by atoms with Crippen LogP contribution in [0.2, 0.25) is 0 Å². The maximum Gasteiger partial charge on any atom is 0.325 e. The fourth-order valence-corrected chi connectivity index (χ4v) is 2.81. The first-order chi connectivity index (χ1) is 9.51. The second-order valence-corrected chi connectivity index (χ2v) is 5.61. The van der Waals surface area contributed by atoms with Crippen molar-refractivity contribution in [1.29, 1.82) is 0 Å². The monoisotopic (exact) mass is 309 g/mol. The quantitative estimate of drug-likeness (QED) is 0.521. The van der Waals surface area contributed by atoms with Crippen molar-refractivity contribution in [1.82, 2.24) is 4.90 Å². The van der Waals surface area contributed by atoms with Crippen molar-refractivity contribution in [3.63, 3.8) is 0 Å². The van der Waals surface area contributed by atoms with Crippen LogP contribution in [0.4, 0.5) is 0 Å². The Morgan fingerprint density at radius 2 is 2.10 bits per heavy atom. The van der Waals surface area contributed by atoms with E-state index in [1.807, 2.05) is 0 Å². The van der Waals surface area contributed by atoms with Gasteiger partial charge in [-0.15, -0.1) is 0 Å². The SMILES string of the molecule is COC(=O)CN1C(=O)/C(=C\c2ccc(O)cc2)SC1=S. The number of rotatable bonds is 3. The summed E-state index contributed by atoms with van der Waals surface area (Å²) in [7, 11) is 1.26. The predicted molar refractivity (Wildman–Crippen MR) is 80.0 cm³/mol. The Hall–Kier alpha value is -1.86. The summed E-state index contributed by atoms with van der Waals surface area (Å²) in [5, 5.41) is 9.21. The molecule has 0 aliphatic carbocycles. The minimum absolute atomic E-state index is 0.153. The molecule has 0 unspecified atom stereocenters. The number of phenols is 1. The first-order valence-electron chi connectivity index (χ1n) is 5.62. The molecule has 7 heteroatoms. The fourth-order valence-electron chi connectivity index (χ4n) is 1.55. The van der Waals surface area contributed by atoms with Crippen LogP contribution in [0.15, 0.2) is 29.2 Å². The van der Waals surface area contributed by atoms with E-state index in [2.05, 4.69) is 4.74 Å². The number of ether oxygens (including phenoxy) is 1. The molecule has 104 valence electrons. The van der Waals surface area contributed by atoms with Gasteiger partial charge < -0.3 is 9.84 Å². The smallest absolute Gasteiger partial charge is 0.325 e. The summed E-state index contributed by atoms with van der Waals surface area (Å²) < 4.78 is 4.85. The van der Waals surface area contributed by atoms with E-state index in [1.165, 1.54) is 24.1 Å². The highest BCUT2D eigenvalue weighted by Crippen LogP contribution is 2.32. The third kappa shape index (κ3) is 3.17. The van der Waals surface area contributed by atoms with Gasteiger partial charge in [0, 0.05) is 0 Å². The largest absolute Gasteiger partial charge is 0.508 e. The predicted octanol–water partition coefficient (Wildman–Crippen LogP) is 1.77. The van der Waals surface area contributed by atoms with Gasteiger partial charge in [0.25, 0.3) is 5.91 Å². The molecule has 1 aromatic carbocycles. The molecule has 1 N–H and O–H groups in total. The summed E-state index contributed by atoms with van der Waals surface area (Å²) in [6, 6.07) is 6.42. The van der Waals surface area contributed by atoms with E-state index < -0.39 is 5.97 Å². The van der Waals surface area contributed by atoms with Crippen LogP contribution >= 0.6 is 24.0 Å². The van der Waals surface area contributed by atoms with E-state index in [-0.39, 0.29) is 18.2 Å². The van der Waals surface area contributed by atoms with Crippen molar-refractivity contribution in [2.24, 2.45) is 0 Å². The lowest BCUT2D eigenvalue weighted by Gasteiger charge is -2.11. The molecule has 1 aliphatic heterocycles. The van der Waals surface area contributed by atoms with Crippen LogP contribution in [-0.4, -0.2) is 39.9 Å². The summed E-state index contributed by atoms with van der Waals surface area (Å²) in [5.74, 6) is -0.689. The van der Waals surface area contributed by atoms with Gasteiger partial charge in [0.15, 0.2) is 0 Å². The molecule has 1 saturated heterocycles. The van der Waals surface area contributed by atoms with Gasteiger partial charge >= 0.3 is 5.97 Å². The Bertz CT molecular complexity index is 595. The number of hydrogen-bond acceptors (Lipinski definition) is 6. The highest BCUT2D eigenvalue weighted by atomic mass is 32.2. The summed E-state index contributed by atoms with van der Waals surface area (Å²) in [4.78, 5) is 25.0. The molecule has 1 aliphatic rings. The first-order valence-corrected chi connectivity index (χ1v) is 6.85. The van der Waals surface area contributed by atoms with Crippen LogP contribution in [0.1, 0.15) is 5.56 Å². The van der Waals surface area contributed by atoms with Gasteiger partial charge in [0.05, 0.1) is 12.0 Å². The molecule has 0 bridgehead atoms. The summed E-state index contributed by atoms with van der Waals surface area (Å²) >= 11 is 6.21. The van der Waals surface area contributed by atoms with Crippen LogP contribution in [-0.2, 0) is 14.3 Å². The molecule has 0 saturated carbocycles. The average Bonchev–Trinajstić information content (AvgIpc) is 2.69. The number of amides is 1. The average molecular weight is 309 g/mol. The maximum absolute atomic E-state index is 12.1. The molecule has 1 heterocycles. The van der Waals surface area contributed by atoms with E-state index in [1.54, 1.807) is 18.2 Å². The van der Waals surface area contributed by atoms with Crippen LogP contribution in [0.3, 0.4) is 0 Å². The number of thioether (sulfide) groups is 1. The van der Waals surface area contributed by atoms with Gasteiger partial charge in [-0.2, -0.15) is 0 Å². The van der Waals surface area contributed by atoms with Gasteiger partial charge in [-0.25, -0.2) is 0 Å². The molecule has 0 aromatic heterocycles. The van der Waals surface area contributed by atoms with Crippen LogP contribution < -0.4 is 0 Å². The Kier molecular flexibility index (Phi) is 4.41. The van der Waals surface area contributed by atoms with E-state index in [0.717, 1.165) is 17.3 Å². The van der Waals surface area contributed by atoms with E-state index in [0.29, 0.717) is 9.23 Å². The number of hydrogen-bond donors (Lipinski definition) is 1. The Labute approximate surface area is 125 Å². The van der Waals surface area contributed by atoms with Gasteiger partial charge in [-0.1, -0.05) is 36.1 Å². The van der Waals surface area contributed by atoms with Crippen molar-refractivity contribution >= 4 is 46.3 Å². The molecular weight excluding hydrogens is 298 g/mol. The molecule has 2 rings (SSSR count). The topological polar surface area (TPSA) is 66.8 Å². The summed E-state index contributed by atoms with van der Waals surface area (Å²) in [5.41, 5.74) is 0.765. The highest BCUT2D eigenvalue weighted by molar-refractivity contribution is 8.26. The lowest BCUT2D eigenvalue weighted by Crippen LogP contribution is -2.33. The maximum atomic E-state index is 12.1. The lowest BCUT2D eigenvalue weighted by molar-refractivity contribution is -0.143. The number of esters is 1. The van der Waals surface area contributed by atoms with Crippen LogP contribution in [0.25, 0.3) is 6.08 Å². The number of nitrogens with zero attached hydrogens (tertiary/aromatic N) is 1. The second-order valence-electron chi connectivity index (χ2n) is 3.94. The second kappa shape index (κ2) is 6.06. The van der Waals surface area contributed by atoms with Crippen molar-refractivity contribution < 1.29 is 19.4 Å². The molecule has 1 fully saturated rings. The third-order valence-electron chi connectivity index (χ3n) is 2.58. The zero-order valence-corrected chi connectivity index (χ0v) is 12.2. The highest BCUT2D eigenvalue weighted by Gasteiger charge is 2.33. The molecule has 5 nitrogen and oxygen atoms in total. The molecule has 20 heavy (non-hydrogen) atoms. The number of phenolic OH excluding ortho intramolecular Hbond substituents is 1. The number of carbonyl (C=O) groups excluding carboxylic acids is 2.